The minimum atomic E-state index is -1.06. The molecule has 0 radical (unpaired) electrons. The molecule has 2 aromatic heterocycles. The van der Waals surface area contributed by atoms with Crippen LogP contribution in [0.3, 0.4) is 0 Å². The summed E-state index contributed by atoms with van der Waals surface area (Å²) in [6.07, 6.45) is 1.69. The van der Waals surface area contributed by atoms with Crippen LogP contribution in [0.4, 0.5) is 5.69 Å². The molecule has 5 rings (SSSR count). The van der Waals surface area contributed by atoms with E-state index in [9.17, 15) is 19.2 Å². The number of H-pyrrole nitrogens is 1. The Kier molecular flexibility index (Phi) is 7.80. The molecule has 0 aliphatic rings. The van der Waals surface area contributed by atoms with Crippen molar-refractivity contribution in [1.29, 1.82) is 0 Å². The van der Waals surface area contributed by atoms with Crippen LogP contribution in [0.1, 0.15) is 28.9 Å². The third-order valence-corrected chi connectivity index (χ3v) is 6.91. The highest BCUT2D eigenvalue weighted by molar-refractivity contribution is 6.31. The maximum atomic E-state index is 13.7. The van der Waals surface area contributed by atoms with Crippen LogP contribution in [0.25, 0.3) is 21.9 Å². The molecule has 0 spiro atoms. The lowest BCUT2D eigenvalue weighted by Gasteiger charge is -2.20. The van der Waals surface area contributed by atoms with Crippen molar-refractivity contribution < 1.29 is 14.3 Å². The third-order valence-electron chi connectivity index (χ3n) is 6.68. The Labute approximate surface area is 239 Å². The number of carbonyl (C=O) groups excluding carboxylic acids is 2. The van der Waals surface area contributed by atoms with E-state index < -0.39 is 17.5 Å². The molecule has 1 amide bonds. The second-order valence-electron chi connectivity index (χ2n) is 9.40. The zero-order valence-corrected chi connectivity index (χ0v) is 22.9. The number of aromatic nitrogens is 3. The van der Waals surface area contributed by atoms with Gasteiger partial charge in [-0.25, -0.2) is 4.68 Å². The number of methoxy groups -OCH3 is 1. The summed E-state index contributed by atoms with van der Waals surface area (Å²) in [4.78, 5) is 54.3. The van der Waals surface area contributed by atoms with E-state index in [0.717, 1.165) is 10.2 Å². The number of benzene rings is 3. The average molecular weight is 569 g/mol. The predicted octanol–water partition coefficient (Wildman–Crippen LogP) is 5.04. The SMILES string of the molecule is COc1nn(C(Cc2ccccc2)C(=O)Nc2ccc3c(=O)[nH]ccc3c2)c(=O)cc1-c1cc(Cl)ccc1C(C)=O. The molecular formula is C31H25ClN4O5. The van der Waals surface area contributed by atoms with Crippen LogP contribution in [0, 0.1) is 0 Å². The Morgan fingerprint density at radius 1 is 1.00 bits per heavy atom. The quantitative estimate of drug-likeness (QED) is 0.253. The second kappa shape index (κ2) is 11.6. The van der Waals surface area contributed by atoms with Crippen LogP contribution >= 0.6 is 11.6 Å². The van der Waals surface area contributed by atoms with E-state index in [1.807, 2.05) is 30.3 Å². The van der Waals surface area contributed by atoms with Crippen LogP contribution in [0.15, 0.2) is 94.6 Å². The van der Waals surface area contributed by atoms with Crippen molar-refractivity contribution in [1.82, 2.24) is 14.8 Å². The number of hydrogen-bond acceptors (Lipinski definition) is 6. The molecule has 9 nitrogen and oxygen atoms in total. The molecule has 0 saturated heterocycles. The maximum absolute atomic E-state index is 13.7. The Morgan fingerprint density at radius 2 is 1.78 bits per heavy atom. The van der Waals surface area contributed by atoms with Crippen LogP contribution in [-0.2, 0) is 11.2 Å². The maximum Gasteiger partial charge on any atom is 0.268 e. The molecule has 2 heterocycles. The number of nitrogens with zero attached hydrogens (tertiary/aromatic N) is 2. The third kappa shape index (κ3) is 5.80. The lowest BCUT2D eigenvalue weighted by molar-refractivity contribution is -0.119. The molecule has 1 unspecified atom stereocenters. The van der Waals surface area contributed by atoms with Gasteiger partial charge in [-0.1, -0.05) is 41.9 Å². The zero-order valence-electron chi connectivity index (χ0n) is 22.2. The number of ketones is 1. The topological polar surface area (TPSA) is 123 Å². The second-order valence-corrected chi connectivity index (χ2v) is 9.84. The Bertz CT molecular complexity index is 1900. The number of ether oxygens (including phenoxy) is 1. The Morgan fingerprint density at radius 3 is 2.51 bits per heavy atom. The normalized spacial score (nSPS) is 11.7. The molecule has 0 bridgehead atoms. The molecule has 10 heteroatoms. The van der Waals surface area contributed by atoms with Gasteiger partial charge in [0.05, 0.1) is 12.7 Å². The number of amides is 1. The number of carbonyl (C=O) groups is 2. The van der Waals surface area contributed by atoms with Gasteiger partial charge in [0, 0.05) is 40.3 Å². The summed E-state index contributed by atoms with van der Waals surface area (Å²) in [6, 6.07) is 20.9. The van der Waals surface area contributed by atoms with Gasteiger partial charge in [-0.2, -0.15) is 0 Å². The van der Waals surface area contributed by atoms with E-state index in [-0.39, 0.29) is 29.2 Å². The van der Waals surface area contributed by atoms with E-state index in [1.54, 1.807) is 42.5 Å². The molecule has 0 fully saturated rings. The number of halogens is 1. The van der Waals surface area contributed by atoms with Gasteiger partial charge < -0.3 is 15.0 Å². The van der Waals surface area contributed by atoms with E-state index in [2.05, 4.69) is 15.4 Å². The van der Waals surface area contributed by atoms with Crippen LogP contribution in [0.2, 0.25) is 5.02 Å². The van der Waals surface area contributed by atoms with Crippen molar-refractivity contribution in [3.05, 3.63) is 122 Å². The first-order valence-corrected chi connectivity index (χ1v) is 13.1. The van der Waals surface area contributed by atoms with E-state index in [1.165, 1.54) is 26.3 Å². The summed E-state index contributed by atoms with van der Waals surface area (Å²) in [5.74, 6) is -0.665. The van der Waals surface area contributed by atoms with Crippen molar-refractivity contribution in [2.45, 2.75) is 19.4 Å². The first-order valence-electron chi connectivity index (χ1n) is 12.7. The molecule has 41 heavy (non-hydrogen) atoms. The highest BCUT2D eigenvalue weighted by Crippen LogP contribution is 2.33. The minimum absolute atomic E-state index is 0.0464. The van der Waals surface area contributed by atoms with Gasteiger partial charge in [-0.15, -0.1) is 5.10 Å². The van der Waals surface area contributed by atoms with Crippen molar-refractivity contribution in [3.8, 4) is 17.0 Å². The molecule has 1 atom stereocenters. The van der Waals surface area contributed by atoms with Gasteiger partial charge >= 0.3 is 0 Å². The fourth-order valence-electron chi connectivity index (χ4n) is 4.69. The molecule has 2 N–H and O–H groups in total. The zero-order chi connectivity index (χ0) is 29.1. The predicted molar refractivity (Wildman–Crippen MR) is 158 cm³/mol. The van der Waals surface area contributed by atoms with E-state index >= 15 is 0 Å². The average Bonchev–Trinajstić information content (AvgIpc) is 2.96. The number of hydrogen-bond donors (Lipinski definition) is 2. The molecule has 3 aromatic carbocycles. The number of Topliss-reactive ketones (excluding diaryl/α,β-unsaturated/α-hetero) is 1. The highest BCUT2D eigenvalue weighted by Gasteiger charge is 2.26. The van der Waals surface area contributed by atoms with Crippen molar-refractivity contribution >= 4 is 39.8 Å². The summed E-state index contributed by atoms with van der Waals surface area (Å²) in [5, 5.41) is 8.80. The number of aromatic amines is 1. The van der Waals surface area contributed by atoms with Crippen LogP contribution < -0.4 is 21.2 Å². The minimum Gasteiger partial charge on any atom is -0.480 e. The number of fused-ring (bicyclic) bond motifs is 1. The summed E-state index contributed by atoms with van der Waals surface area (Å²) >= 11 is 6.21. The lowest BCUT2D eigenvalue weighted by Crippen LogP contribution is -2.36. The fraction of sp³-hybridized carbons (Fsp3) is 0.129. The highest BCUT2D eigenvalue weighted by atomic mass is 35.5. The van der Waals surface area contributed by atoms with Gasteiger partial charge in [-0.05, 0) is 65.9 Å². The lowest BCUT2D eigenvalue weighted by atomic mass is 9.98. The molecule has 0 saturated carbocycles. The van der Waals surface area contributed by atoms with Crippen molar-refractivity contribution in [3.63, 3.8) is 0 Å². The molecular weight excluding hydrogens is 544 g/mol. The standard InChI is InChI=1S/C31H25ClN4O5/c1-18(37)23-10-8-21(32)16-25(23)26-17-28(38)36(35-31(26)41-2)27(14-19-6-4-3-5-7-19)30(40)34-22-9-11-24-20(15-22)12-13-33-29(24)39/h3-13,15-17,27H,14H2,1-2H3,(H,33,39)(H,34,40). The monoisotopic (exact) mass is 568 g/mol. The van der Waals surface area contributed by atoms with Gasteiger partial charge in [0.2, 0.25) is 11.8 Å². The number of pyridine rings is 1. The first-order chi connectivity index (χ1) is 19.7. The first kappa shape index (κ1) is 27.5. The fourth-order valence-corrected chi connectivity index (χ4v) is 4.86. The number of anilines is 1. The van der Waals surface area contributed by atoms with E-state index in [4.69, 9.17) is 16.3 Å². The van der Waals surface area contributed by atoms with Gasteiger partial charge in [0.25, 0.3) is 11.1 Å². The summed E-state index contributed by atoms with van der Waals surface area (Å²) in [5.41, 5.74) is 1.47. The number of nitrogens with one attached hydrogen (secondary N) is 2. The van der Waals surface area contributed by atoms with Gasteiger partial charge in [-0.3, -0.25) is 19.2 Å². The number of rotatable bonds is 8. The smallest absolute Gasteiger partial charge is 0.268 e. The van der Waals surface area contributed by atoms with Crippen molar-refractivity contribution in [2.24, 2.45) is 0 Å². The molecule has 206 valence electrons. The summed E-state index contributed by atoms with van der Waals surface area (Å²) in [6.45, 7) is 1.41. The van der Waals surface area contributed by atoms with Gasteiger partial charge in [0.15, 0.2) is 5.78 Å². The Hall–Kier alpha value is -5.02. The van der Waals surface area contributed by atoms with Crippen molar-refractivity contribution in [2.75, 3.05) is 12.4 Å². The van der Waals surface area contributed by atoms with Crippen LogP contribution in [-0.4, -0.2) is 33.6 Å². The summed E-state index contributed by atoms with van der Waals surface area (Å²) < 4.78 is 6.62. The van der Waals surface area contributed by atoms with Gasteiger partial charge in [0.1, 0.15) is 6.04 Å². The summed E-state index contributed by atoms with van der Waals surface area (Å²) in [7, 11) is 1.39. The van der Waals surface area contributed by atoms with E-state index in [0.29, 0.717) is 32.6 Å². The Balaban J connectivity index is 1.59. The largest absolute Gasteiger partial charge is 0.480 e. The van der Waals surface area contributed by atoms with Crippen LogP contribution in [0.5, 0.6) is 5.88 Å². The molecule has 5 aromatic rings. The molecule has 0 aliphatic heterocycles. The molecule has 0 aliphatic carbocycles.